The number of hydrogen-bond acceptors (Lipinski definition) is 2. The number of aryl methyl sites for hydroxylation is 1. The van der Waals surface area contributed by atoms with Crippen LogP contribution in [0.2, 0.25) is 0 Å². The topological polar surface area (TPSA) is 24.9 Å². The van der Waals surface area contributed by atoms with Crippen LogP contribution in [0, 0.1) is 6.92 Å². The van der Waals surface area contributed by atoms with E-state index in [1.165, 1.54) is 16.7 Å². The lowest BCUT2D eigenvalue weighted by atomic mass is 10.1. The highest BCUT2D eigenvalue weighted by molar-refractivity contribution is 6.21. The van der Waals surface area contributed by atoms with E-state index >= 15 is 0 Å². The molecule has 1 N–H and O–H groups in total. The summed E-state index contributed by atoms with van der Waals surface area (Å²) in [5, 5.41) is 3.53. The van der Waals surface area contributed by atoms with Gasteiger partial charge in [0.2, 0.25) is 0 Å². The van der Waals surface area contributed by atoms with Crippen LogP contribution in [0.25, 0.3) is 0 Å². The Kier molecular flexibility index (Phi) is 2.96. The zero-order valence-electron chi connectivity index (χ0n) is 10.2. The second kappa shape index (κ2) is 4.62. The molecule has 2 unspecified atom stereocenters. The highest BCUT2D eigenvalue weighted by atomic mass is 35.5. The van der Waals surface area contributed by atoms with Crippen LogP contribution in [0.5, 0.6) is 0 Å². The van der Waals surface area contributed by atoms with Gasteiger partial charge in [-0.2, -0.15) is 0 Å². The quantitative estimate of drug-likeness (QED) is 0.831. The first kappa shape index (κ1) is 11.5. The third-order valence-electron chi connectivity index (χ3n) is 3.39. The number of alkyl halides is 1. The molecule has 0 saturated carbocycles. The lowest BCUT2D eigenvalue weighted by molar-refractivity contribution is 0.766. The molecular formula is C15H15ClN2. The molecule has 1 aromatic heterocycles. The van der Waals surface area contributed by atoms with E-state index in [1.807, 2.05) is 18.3 Å². The van der Waals surface area contributed by atoms with Crippen molar-refractivity contribution in [1.82, 2.24) is 4.98 Å². The number of nitrogens with one attached hydrogen (secondary N) is 1. The Morgan fingerprint density at radius 3 is 2.94 bits per heavy atom. The highest BCUT2D eigenvalue weighted by Gasteiger charge is 2.30. The minimum absolute atomic E-state index is 0.0877. The molecule has 3 rings (SSSR count). The molecule has 2 nitrogen and oxygen atoms in total. The molecule has 18 heavy (non-hydrogen) atoms. The molecule has 0 spiro atoms. The summed E-state index contributed by atoms with van der Waals surface area (Å²) in [4.78, 5) is 4.34. The SMILES string of the molecule is Cc1ccnc(NC2c3ccccc3CC2Cl)c1. The molecule has 92 valence electrons. The van der Waals surface area contributed by atoms with E-state index in [-0.39, 0.29) is 11.4 Å². The standard InChI is InChI=1S/C15H15ClN2/c1-10-6-7-17-14(8-10)18-15-12-5-3-2-4-11(12)9-13(15)16/h2-8,13,15H,9H2,1H3,(H,17,18). The Morgan fingerprint density at radius 1 is 1.28 bits per heavy atom. The fraction of sp³-hybridized carbons (Fsp3) is 0.267. The second-order valence-corrected chi connectivity index (χ2v) is 5.32. The first-order valence-corrected chi connectivity index (χ1v) is 6.59. The van der Waals surface area contributed by atoms with Gasteiger partial charge in [0, 0.05) is 6.20 Å². The third kappa shape index (κ3) is 2.08. The van der Waals surface area contributed by atoms with E-state index in [0.717, 1.165) is 12.2 Å². The maximum absolute atomic E-state index is 6.44. The molecular weight excluding hydrogens is 244 g/mol. The summed E-state index contributed by atoms with van der Waals surface area (Å²) in [5.74, 6) is 0.891. The summed E-state index contributed by atoms with van der Waals surface area (Å²) < 4.78 is 0. The van der Waals surface area contributed by atoms with Crippen molar-refractivity contribution >= 4 is 17.4 Å². The van der Waals surface area contributed by atoms with E-state index < -0.39 is 0 Å². The maximum atomic E-state index is 6.44. The Bertz CT molecular complexity index is 568. The van der Waals surface area contributed by atoms with Crippen LogP contribution in [0.15, 0.2) is 42.6 Å². The third-order valence-corrected chi connectivity index (χ3v) is 3.79. The molecule has 1 heterocycles. The summed E-state index contributed by atoms with van der Waals surface area (Å²) in [7, 11) is 0. The van der Waals surface area contributed by atoms with Gasteiger partial charge in [0.15, 0.2) is 0 Å². The number of hydrogen-bond donors (Lipinski definition) is 1. The molecule has 0 fully saturated rings. The van der Waals surface area contributed by atoms with Crippen molar-refractivity contribution in [1.29, 1.82) is 0 Å². The summed E-state index contributed by atoms with van der Waals surface area (Å²) in [5.41, 5.74) is 3.83. The van der Waals surface area contributed by atoms with Crippen LogP contribution in [0.1, 0.15) is 22.7 Å². The molecule has 0 radical (unpaired) electrons. The van der Waals surface area contributed by atoms with Crippen LogP contribution in [-0.4, -0.2) is 10.4 Å². The van der Waals surface area contributed by atoms with Gasteiger partial charge in [-0.1, -0.05) is 24.3 Å². The van der Waals surface area contributed by atoms with E-state index in [9.17, 15) is 0 Å². The zero-order valence-corrected chi connectivity index (χ0v) is 11.0. The van der Waals surface area contributed by atoms with Gasteiger partial charge in [0.1, 0.15) is 5.82 Å². The van der Waals surface area contributed by atoms with Gasteiger partial charge < -0.3 is 5.32 Å². The first-order valence-electron chi connectivity index (χ1n) is 6.15. The van der Waals surface area contributed by atoms with Crippen molar-refractivity contribution in [3.05, 3.63) is 59.3 Å². The Hall–Kier alpha value is -1.54. The van der Waals surface area contributed by atoms with Crippen molar-refractivity contribution in [2.24, 2.45) is 0 Å². The van der Waals surface area contributed by atoms with E-state index in [0.29, 0.717) is 0 Å². The average Bonchev–Trinajstić information content (AvgIpc) is 2.66. The molecule has 1 aliphatic rings. The van der Waals surface area contributed by atoms with Crippen LogP contribution in [-0.2, 0) is 6.42 Å². The summed E-state index contributed by atoms with van der Waals surface area (Å²) in [6, 6.07) is 12.6. The van der Waals surface area contributed by atoms with Crippen LogP contribution < -0.4 is 5.32 Å². The minimum Gasteiger partial charge on any atom is -0.362 e. The highest BCUT2D eigenvalue weighted by Crippen LogP contribution is 2.36. The molecule has 0 aliphatic heterocycles. The monoisotopic (exact) mass is 258 g/mol. The largest absolute Gasteiger partial charge is 0.362 e. The Labute approximate surface area is 112 Å². The number of pyridine rings is 1. The number of rotatable bonds is 2. The van der Waals surface area contributed by atoms with Crippen molar-refractivity contribution in [2.45, 2.75) is 24.8 Å². The molecule has 3 heteroatoms. The van der Waals surface area contributed by atoms with Crippen molar-refractivity contribution in [3.8, 4) is 0 Å². The van der Waals surface area contributed by atoms with Gasteiger partial charge in [0.05, 0.1) is 11.4 Å². The van der Waals surface area contributed by atoms with Crippen molar-refractivity contribution < 1.29 is 0 Å². The van der Waals surface area contributed by atoms with Gasteiger partial charge in [-0.3, -0.25) is 0 Å². The number of halogens is 1. The molecule has 0 bridgehead atoms. The van der Waals surface area contributed by atoms with Crippen molar-refractivity contribution in [3.63, 3.8) is 0 Å². The summed E-state index contributed by atoms with van der Waals surface area (Å²) in [6.45, 7) is 2.06. The smallest absolute Gasteiger partial charge is 0.126 e. The zero-order chi connectivity index (χ0) is 12.5. The van der Waals surface area contributed by atoms with Gasteiger partial charge in [-0.05, 0) is 42.2 Å². The van der Waals surface area contributed by atoms with Crippen LogP contribution in [0.4, 0.5) is 5.82 Å². The number of benzene rings is 1. The Balaban J connectivity index is 1.89. The number of aromatic nitrogens is 1. The van der Waals surface area contributed by atoms with Crippen LogP contribution in [0.3, 0.4) is 0 Å². The summed E-state index contributed by atoms with van der Waals surface area (Å²) >= 11 is 6.44. The fourth-order valence-corrected chi connectivity index (χ4v) is 2.85. The average molecular weight is 259 g/mol. The molecule has 1 aliphatic carbocycles. The molecule has 0 saturated heterocycles. The molecule has 0 amide bonds. The lowest BCUT2D eigenvalue weighted by Gasteiger charge is -2.18. The molecule has 2 atom stereocenters. The number of nitrogens with zero attached hydrogens (tertiary/aromatic N) is 1. The molecule has 2 aromatic rings. The van der Waals surface area contributed by atoms with E-state index in [1.54, 1.807) is 0 Å². The minimum atomic E-state index is 0.0877. The lowest BCUT2D eigenvalue weighted by Crippen LogP contribution is -2.17. The van der Waals surface area contributed by atoms with Crippen molar-refractivity contribution in [2.75, 3.05) is 5.32 Å². The molecule has 1 aromatic carbocycles. The van der Waals surface area contributed by atoms with E-state index in [4.69, 9.17) is 11.6 Å². The van der Waals surface area contributed by atoms with Gasteiger partial charge in [-0.25, -0.2) is 4.98 Å². The van der Waals surface area contributed by atoms with Crippen LogP contribution >= 0.6 is 11.6 Å². The Morgan fingerprint density at radius 2 is 2.11 bits per heavy atom. The first-order chi connectivity index (χ1) is 8.74. The predicted octanol–water partition coefficient (Wildman–Crippen LogP) is 3.71. The number of anilines is 1. The fourth-order valence-electron chi connectivity index (χ4n) is 2.49. The van der Waals surface area contributed by atoms with Gasteiger partial charge >= 0.3 is 0 Å². The predicted molar refractivity (Wildman–Crippen MR) is 75.1 cm³/mol. The summed E-state index contributed by atoms with van der Waals surface area (Å²) in [6.07, 6.45) is 2.74. The second-order valence-electron chi connectivity index (χ2n) is 4.76. The number of fused-ring (bicyclic) bond motifs is 1. The van der Waals surface area contributed by atoms with Gasteiger partial charge in [-0.15, -0.1) is 11.6 Å². The van der Waals surface area contributed by atoms with Gasteiger partial charge in [0.25, 0.3) is 0 Å². The normalized spacial score (nSPS) is 21.7. The van der Waals surface area contributed by atoms with E-state index in [2.05, 4.69) is 41.5 Å². The maximum Gasteiger partial charge on any atom is 0.126 e.